The van der Waals surface area contributed by atoms with Crippen molar-refractivity contribution in [3.63, 3.8) is 0 Å². The van der Waals surface area contributed by atoms with Crippen LogP contribution < -0.4 is 5.32 Å². The Morgan fingerprint density at radius 2 is 2.05 bits per heavy atom. The van der Waals surface area contributed by atoms with Gasteiger partial charge in [0, 0.05) is 0 Å². The van der Waals surface area contributed by atoms with Crippen LogP contribution in [0.15, 0.2) is 21.9 Å². The van der Waals surface area contributed by atoms with Crippen LogP contribution in [0, 0.1) is 6.92 Å². The first-order valence-corrected chi connectivity index (χ1v) is 7.50. The minimum atomic E-state index is -0.703. The minimum absolute atomic E-state index is 0.0447. The molecule has 1 N–H and O–H groups in total. The van der Waals surface area contributed by atoms with Gasteiger partial charge in [-0.3, -0.25) is 14.9 Å². The maximum atomic E-state index is 12.1. The minimum Gasteiger partial charge on any atom is -0.462 e. The summed E-state index contributed by atoms with van der Waals surface area (Å²) in [5.41, 5.74) is 0.0803. The van der Waals surface area contributed by atoms with E-state index in [0.29, 0.717) is 4.88 Å². The molecule has 0 aliphatic rings. The Morgan fingerprint density at radius 1 is 1.32 bits per heavy atom. The largest absolute Gasteiger partial charge is 0.462 e. The maximum Gasteiger partial charge on any atom is 0.344 e. The fourth-order valence-corrected chi connectivity index (χ4v) is 2.65. The molecule has 0 aromatic carbocycles. The fourth-order valence-electron chi connectivity index (χ4n) is 2.03. The number of hydrogen-bond donors (Lipinski definition) is 1. The molecule has 0 bridgehead atoms. The number of thiophene rings is 1. The van der Waals surface area contributed by atoms with Gasteiger partial charge in [-0.25, -0.2) is 4.79 Å². The van der Waals surface area contributed by atoms with Crippen molar-refractivity contribution in [3.8, 4) is 0 Å². The first kappa shape index (κ1) is 16.0. The number of amides is 1. The zero-order valence-corrected chi connectivity index (χ0v) is 13.2. The van der Waals surface area contributed by atoms with Crippen LogP contribution in [0.3, 0.4) is 0 Å². The summed E-state index contributed by atoms with van der Waals surface area (Å²) in [6.45, 7) is 4.69. The van der Waals surface area contributed by atoms with Gasteiger partial charge in [0.2, 0.25) is 5.88 Å². The number of hydrogen-bond acceptors (Lipinski definition) is 6. The molecule has 7 heteroatoms. The van der Waals surface area contributed by atoms with Crippen molar-refractivity contribution in [1.82, 2.24) is 0 Å². The van der Waals surface area contributed by atoms with E-state index in [1.807, 2.05) is 0 Å². The lowest BCUT2D eigenvalue weighted by Gasteiger charge is -2.05. The topological polar surface area (TPSA) is 85.6 Å². The molecular formula is C15H15NO5S. The van der Waals surface area contributed by atoms with Crippen LogP contribution in [0.1, 0.15) is 50.0 Å². The second-order valence-electron chi connectivity index (χ2n) is 4.45. The first-order chi connectivity index (χ1) is 10.5. The van der Waals surface area contributed by atoms with Crippen LogP contribution in [0.25, 0.3) is 0 Å². The number of ether oxygens (including phenoxy) is 1. The highest BCUT2D eigenvalue weighted by Gasteiger charge is 2.28. The second-order valence-corrected chi connectivity index (χ2v) is 5.39. The smallest absolute Gasteiger partial charge is 0.344 e. The summed E-state index contributed by atoms with van der Waals surface area (Å²) in [7, 11) is 0. The third-order valence-corrected chi connectivity index (χ3v) is 3.76. The lowest BCUT2D eigenvalue weighted by atomic mass is 10.1. The number of Topliss-reactive ketones (excluding diaryl/α,β-unsaturated/α-hetero) is 1. The molecule has 0 atom stereocenters. The summed E-state index contributed by atoms with van der Waals surface area (Å²) >= 11 is 1.26. The zero-order chi connectivity index (χ0) is 16.3. The Labute approximate surface area is 131 Å². The molecule has 116 valence electrons. The van der Waals surface area contributed by atoms with E-state index < -0.39 is 11.9 Å². The Bertz CT molecular complexity index is 715. The average molecular weight is 321 g/mol. The summed E-state index contributed by atoms with van der Waals surface area (Å²) < 4.78 is 10.3. The molecule has 0 saturated carbocycles. The van der Waals surface area contributed by atoms with Crippen molar-refractivity contribution in [3.05, 3.63) is 39.3 Å². The molecule has 2 heterocycles. The number of nitrogens with one attached hydrogen (secondary N) is 1. The number of carbonyl (C=O) groups is 3. The fraction of sp³-hybridized carbons (Fsp3) is 0.267. The van der Waals surface area contributed by atoms with Crippen LogP contribution >= 0.6 is 11.3 Å². The molecule has 22 heavy (non-hydrogen) atoms. The molecule has 6 nitrogen and oxygen atoms in total. The van der Waals surface area contributed by atoms with Gasteiger partial charge in [-0.1, -0.05) is 6.07 Å². The molecule has 2 rings (SSSR count). The molecule has 2 aromatic heterocycles. The lowest BCUT2D eigenvalue weighted by Crippen LogP contribution is -2.15. The summed E-state index contributed by atoms with van der Waals surface area (Å²) in [5.74, 6) is -1.26. The number of rotatable bonds is 5. The van der Waals surface area contributed by atoms with E-state index in [2.05, 4.69) is 5.32 Å². The Morgan fingerprint density at radius 3 is 2.59 bits per heavy atom. The van der Waals surface area contributed by atoms with Crippen molar-refractivity contribution < 1.29 is 23.5 Å². The highest BCUT2D eigenvalue weighted by atomic mass is 32.1. The number of anilines is 1. The van der Waals surface area contributed by atoms with Crippen LogP contribution in [-0.2, 0) is 4.74 Å². The van der Waals surface area contributed by atoms with Gasteiger partial charge in [-0.2, -0.15) is 0 Å². The van der Waals surface area contributed by atoms with Gasteiger partial charge in [0.05, 0.1) is 17.0 Å². The van der Waals surface area contributed by atoms with Gasteiger partial charge in [0.25, 0.3) is 5.91 Å². The van der Waals surface area contributed by atoms with Crippen molar-refractivity contribution in [2.75, 3.05) is 11.9 Å². The third kappa shape index (κ3) is 3.09. The highest BCUT2D eigenvalue weighted by molar-refractivity contribution is 7.12. The monoisotopic (exact) mass is 321 g/mol. The summed E-state index contributed by atoms with van der Waals surface area (Å²) in [4.78, 5) is 36.4. The molecule has 0 aliphatic carbocycles. The molecule has 0 radical (unpaired) electrons. The standard InChI is InChI=1S/C15H15NO5S/c1-4-20-15(19)12-11(8(2)17)9(3)21-14(12)16-13(18)10-6-5-7-22-10/h5-7H,4H2,1-3H3,(H,16,18). The van der Waals surface area contributed by atoms with Gasteiger partial charge in [0.1, 0.15) is 11.3 Å². The van der Waals surface area contributed by atoms with Crippen molar-refractivity contribution in [1.29, 1.82) is 0 Å². The SMILES string of the molecule is CCOC(=O)c1c(NC(=O)c2cccs2)oc(C)c1C(C)=O. The molecular weight excluding hydrogens is 306 g/mol. The molecule has 0 saturated heterocycles. The molecule has 2 aromatic rings. The van der Waals surface area contributed by atoms with E-state index in [1.165, 1.54) is 18.3 Å². The van der Waals surface area contributed by atoms with Gasteiger partial charge in [-0.05, 0) is 32.2 Å². The number of esters is 1. The molecule has 1 amide bonds. The highest BCUT2D eigenvalue weighted by Crippen LogP contribution is 2.29. The first-order valence-electron chi connectivity index (χ1n) is 6.62. The van der Waals surface area contributed by atoms with Crippen LogP contribution in [0.2, 0.25) is 0 Å². The quantitative estimate of drug-likeness (QED) is 0.674. The molecule has 0 unspecified atom stereocenters. The summed E-state index contributed by atoms with van der Waals surface area (Å²) in [6.07, 6.45) is 0. The lowest BCUT2D eigenvalue weighted by molar-refractivity contribution is 0.0524. The van der Waals surface area contributed by atoms with E-state index in [0.717, 1.165) is 0 Å². The maximum absolute atomic E-state index is 12.1. The third-order valence-electron chi connectivity index (χ3n) is 2.89. The van der Waals surface area contributed by atoms with Crippen LogP contribution in [-0.4, -0.2) is 24.3 Å². The van der Waals surface area contributed by atoms with Gasteiger partial charge in [-0.15, -0.1) is 11.3 Å². The summed E-state index contributed by atoms with van der Waals surface area (Å²) in [5, 5.41) is 4.28. The summed E-state index contributed by atoms with van der Waals surface area (Å²) in [6, 6.07) is 3.38. The number of ketones is 1. The van der Waals surface area contributed by atoms with Crippen molar-refractivity contribution in [2.24, 2.45) is 0 Å². The number of carbonyl (C=O) groups excluding carboxylic acids is 3. The van der Waals surface area contributed by atoms with E-state index in [-0.39, 0.29) is 35.2 Å². The van der Waals surface area contributed by atoms with Gasteiger partial charge >= 0.3 is 5.97 Å². The number of furan rings is 1. The Kier molecular flexibility index (Phi) is 4.77. The van der Waals surface area contributed by atoms with Crippen LogP contribution in [0.5, 0.6) is 0 Å². The van der Waals surface area contributed by atoms with Crippen molar-refractivity contribution >= 4 is 34.9 Å². The predicted octanol–water partition coefficient (Wildman–Crippen LogP) is 3.28. The number of aryl methyl sites for hydroxylation is 1. The average Bonchev–Trinajstić information content (AvgIpc) is 3.06. The van der Waals surface area contributed by atoms with E-state index in [9.17, 15) is 14.4 Å². The zero-order valence-electron chi connectivity index (χ0n) is 12.4. The predicted molar refractivity (Wildman–Crippen MR) is 81.7 cm³/mol. The molecule has 0 spiro atoms. The van der Waals surface area contributed by atoms with Crippen molar-refractivity contribution in [2.45, 2.75) is 20.8 Å². The van der Waals surface area contributed by atoms with E-state index >= 15 is 0 Å². The Balaban J connectivity index is 2.42. The molecule has 0 aliphatic heterocycles. The second kappa shape index (κ2) is 6.57. The normalized spacial score (nSPS) is 10.3. The van der Waals surface area contributed by atoms with Crippen LogP contribution in [0.4, 0.5) is 5.88 Å². The van der Waals surface area contributed by atoms with E-state index in [1.54, 1.807) is 31.4 Å². The van der Waals surface area contributed by atoms with E-state index in [4.69, 9.17) is 9.15 Å². The van der Waals surface area contributed by atoms with Gasteiger partial charge in [0.15, 0.2) is 5.78 Å². The Hall–Kier alpha value is -2.41. The van der Waals surface area contributed by atoms with Gasteiger partial charge < -0.3 is 9.15 Å². The molecule has 0 fully saturated rings.